The Morgan fingerprint density at radius 1 is 1.15 bits per heavy atom. The van der Waals surface area contributed by atoms with Gasteiger partial charge in [0.25, 0.3) is 0 Å². The molecule has 0 bridgehead atoms. The fourth-order valence-corrected chi connectivity index (χ4v) is 3.94. The van der Waals surface area contributed by atoms with Crippen molar-refractivity contribution >= 4 is 21.8 Å². The third kappa shape index (κ3) is 2.59. The second kappa shape index (κ2) is 4.99. The first-order valence-corrected chi connectivity index (χ1v) is 7.59. The van der Waals surface area contributed by atoms with Gasteiger partial charge in [-0.05, 0) is 44.0 Å². The zero-order valence-electron chi connectivity index (χ0n) is 11.5. The molecule has 0 spiro atoms. The molecule has 6 nitrogen and oxygen atoms in total. The van der Waals surface area contributed by atoms with E-state index in [0.29, 0.717) is 0 Å². The number of nitrogens with zero attached hydrogens (tertiary/aromatic N) is 1. The number of carbonyl (C=O) groups is 2. The molecule has 2 amide bonds. The minimum Gasteiger partial charge on any atom is -0.294 e. The van der Waals surface area contributed by atoms with Crippen LogP contribution < -0.4 is 5.32 Å². The van der Waals surface area contributed by atoms with Crippen LogP contribution in [-0.2, 0) is 19.6 Å². The maximum atomic E-state index is 12.6. The van der Waals surface area contributed by atoms with Crippen LogP contribution in [0.25, 0.3) is 0 Å². The topological polar surface area (TPSA) is 83.6 Å². The van der Waals surface area contributed by atoms with Crippen LogP contribution in [0.5, 0.6) is 0 Å². The maximum Gasteiger partial charge on any atom is 0.244 e. The lowest BCUT2D eigenvalue weighted by Gasteiger charge is -2.30. The van der Waals surface area contributed by atoms with E-state index < -0.39 is 27.9 Å². The van der Waals surface area contributed by atoms with E-state index in [-0.39, 0.29) is 11.4 Å². The molecule has 0 saturated carbocycles. The van der Waals surface area contributed by atoms with E-state index in [1.165, 1.54) is 19.1 Å². The average Bonchev–Trinajstić information content (AvgIpc) is 2.32. The average molecular weight is 296 g/mol. The number of piperazine rings is 1. The Balaban J connectivity index is 2.48. The number of imide groups is 1. The van der Waals surface area contributed by atoms with Crippen LogP contribution >= 0.6 is 0 Å². The van der Waals surface area contributed by atoms with Crippen molar-refractivity contribution in [2.45, 2.75) is 31.7 Å². The number of hydrogen-bond acceptors (Lipinski definition) is 4. The van der Waals surface area contributed by atoms with Crippen molar-refractivity contribution in [2.75, 3.05) is 6.54 Å². The van der Waals surface area contributed by atoms with E-state index in [4.69, 9.17) is 0 Å². The molecule has 1 fully saturated rings. The van der Waals surface area contributed by atoms with Crippen LogP contribution in [0, 0.1) is 13.8 Å². The molecule has 2 rings (SSSR count). The Kier molecular flexibility index (Phi) is 3.66. The quantitative estimate of drug-likeness (QED) is 0.798. The second-order valence-corrected chi connectivity index (χ2v) is 6.85. The van der Waals surface area contributed by atoms with Crippen LogP contribution in [0.4, 0.5) is 0 Å². The Hall–Kier alpha value is -1.73. The highest BCUT2D eigenvalue weighted by Gasteiger charge is 2.38. The molecule has 1 N–H and O–H groups in total. The molecule has 1 saturated heterocycles. The summed E-state index contributed by atoms with van der Waals surface area (Å²) in [5, 5.41) is 2.12. The highest BCUT2D eigenvalue weighted by Crippen LogP contribution is 2.22. The molecule has 20 heavy (non-hydrogen) atoms. The van der Waals surface area contributed by atoms with Crippen LogP contribution in [0.1, 0.15) is 18.1 Å². The van der Waals surface area contributed by atoms with Crippen LogP contribution in [0.15, 0.2) is 23.1 Å². The normalized spacial score (nSPS) is 20.9. The Bertz CT molecular complexity index is 661. The van der Waals surface area contributed by atoms with E-state index in [9.17, 15) is 18.0 Å². The van der Waals surface area contributed by atoms with Crippen molar-refractivity contribution in [3.05, 3.63) is 29.3 Å². The zero-order chi connectivity index (χ0) is 15.1. The summed E-state index contributed by atoms with van der Waals surface area (Å²) in [5.74, 6) is -1.21. The van der Waals surface area contributed by atoms with Crippen LogP contribution in [0.3, 0.4) is 0 Å². The SMILES string of the molecule is Cc1cc(C)cc(S(=O)(=O)N2CC(=O)NC(=O)C2C)c1. The smallest absolute Gasteiger partial charge is 0.244 e. The number of nitrogens with one attached hydrogen (secondary N) is 1. The molecule has 7 heteroatoms. The Morgan fingerprint density at radius 3 is 2.25 bits per heavy atom. The first-order valence-electron chi connectivity index (χ1n) is 6.15. The highest BCUT2D eigenvalue weighted by atomic mass is 32.2. The largest absolute Gasteiger partial charge is 0.294 e. The number of rotatable bonds is 2. The van der Waals surface area contributed by atoms with Gasteiger partial charge in [0.15, 0.2) is 0 Å². The summed E-state index contributed by atoms with van der Waals surface area (Å²) in [6, 6.07) is 4.02. The Morgan fingerprint density at radius 2 is 1.70 bits per heavy atom. The monoisotopic (exact) mass is 296 g/mol. The fourth-order valence-electron chi connectivity index (χ4n) is 2.20. The van der Waals surface area contributed by atoms with Gasteiger partial charge in [0.05, 0.1) is 11.4 Å². The van der Waals surface area contributed by atoms with Gasteiger partial charge in [-0.1, -0.05) is 6.07 Å². The van der Waals surface area contributed by atoms with Crippen molar-refractivity contribution in [3.8, 4) is 0 Å². The predicted molar refractivity (Wildman–Crippen MR) is 72.4 cm³/mol. The molecule has 0 aromatic heterocycles. The van der Waals surface area contributed by atoms with Gasteiger partial charge < -0.3 is 0 Å². The molecule has 1 aromatic rings. The standard InChI is InChI=1S/C13H16N2O4S/c1-8-4-9(2)6-11(5-8)20(18,19)15-7-12(16)14-13(17)10(15)3/h4-6,10H,7H2,1-3H3,(H,14,16,17). The van der Waals surface area contributed by atoms with Gasteiger partial charge >= 0.3 is 0 Å². The number of aryl methyl sites for hydroxylation is 2. The number of carbonyl (C=O) groups excluding carboxylic acids is 2. The number of hydrogen-bond donors (Lipinski definition) is 1. The van der Waals surface area contributed by atoms with E-state index >= 15 is 0 Å². The van der Waals surface area contributed by atoms with Gasteiger partial charge in [0, 0.05) is 0 Å². The molecule has 1 aliphatic rings. The lowest BCUT2D eigenvalue weighted by molar-refractivity contribution is -0.136. The van der Waals surface area contributed by atoms with Gasteiger partial charge in [-0.25, -0.2) is 8.42 Å². The van der Waals surface area contributed by atoms with Gasteiger partial charge in [-0.3, -0.25) is 14.9 Å². The molecule has 1 aliphatic heterocycles. The number of benzene rings is 1. The highest BCUT2D eigenvalue weighted by molar-refractivity contribution is 7.89. The molecular weight excluding hydrogens is 280 g/mol. The summed E-state index contributed by atoms with van der Waals surface area (Å²) >= 11 is 0. The summed E-state index contributed by atoms with van der Waals surface area (Å²) in [6.45, 7) is 4.71. The number of sulfonamides is 1. The van der Waals surface area contributed by atoms with Gasteiger partial charge in [-0.15, -0.1) is 0 Å². The van der Waals surface area contributed by atoms with Crippen molar-refractivity contribution in [2.24, 2.45) is 0 Å². The Labute approximate surface area is 117 Å². The van der Waals surface area contributed by atoms with Crippen molar-refractivity contribution in [1.82, 2.24) is 9.62 Å². The predicted octanol–water partition coefficient (Wildman–Crippen LogP) is 0.339. The van der Waals surface area contributed by atoms with Gasteiger partial charge in [0.1, 0.15) is 6.04 Å². The van der Waals surface area contributed by atoms with Crippen molar-refractivity contribution in [1.29, 1.82) is 0 Å². The summed E-state index contributed by atoms with van der Waals surface area (Å²) in [5.41, 5.74) is 1.62. The van der Waals surface area contributed by atoms with E-state index in [1.807, 2.05) is 6.07 Å². The molecule has 0 aliphatic carbocycles. The molecule has 1 unspecified atom stereocenters. The minimum atomic E-state index is -3.87. The molecular formula is C13H16N2O4S. The van der Waals surface area contributed by atoms with E-state index in [2.05, 4.69) is 5.32 Å². The van der Waals surface area contributed by atoms with Crippen molar-refractivity contribution in [3.63, 3.8) is 0 Å². The van der Waals surface area contributed by atoms with Crippen LogP contribution in [0.2, 0.25) is 0 Å². The third-order valence-electron chi connectivity index (χ3n) is 3.18. The summed E-state index contributed by atoms with van der Waals surface area (Å²) in [4.78, 5) is 23.1. The lowest BCUT2D eigenvalue weighted by atomic mass is 10.2. The summed E-state index contributed by atoms with van der Waals surface area (Å²) < 4.78 is 26.1. The summed E-state index contributed by atoms with van der Waals surface area (Å²) in [6.07, 6.45) is 0. The second-order valence-electron chi connectivity index (χ2n) is 4.96. The maximum absolute atomic E-state index is 12.6. The van der Waals surface area contributed by atoms with Gasteiger partial charge in [0.2, 0.25) is 21.8 Å². The number of amides is 2. The molecule has 1 atom stereocenters. The van der Waals surface area contributed by atoms with Crippen LogP contribution in [-0.4, -0.2) is 37.1 Å². The molecule has 1 aromatic carbocycles. The van der Waals surface area contributed by atoms with Gasteiger partial charge in [-0.2, -0.15) is 4.31 Å². The fraction of sp³-hybridized carbons (Fsp3) is 0.385. The van der Waals surface area contributed by atoms with E-state index in [1.54, 1.807) is 13.8 Å². The minimum absolute atomic E-state index is 0.101. The summed E-state index contributed by atoms with van der Waals surface area (Å²) in [7, 11) is -3.87. The first-order chi connectivity index (χ1) is 9.21. The first kappa shape index (κ1) is 14.7. The van der Waals surface area contributed by atoms with Crippen molar-refractivity contribution < 1.29 is 18.0 Å². The molecule has 0 radical (unpaired) electrons. The molecule has 1 heterocycles. The zero-order valence-corrected chi connectivity index (χ0v) is 12.3. The van der Waals surface area contributed by atoms with E-state index in [0.717, 1.165) is 15.4 Å². The third-order valence-corrected chi connectivity index (χ3v) is 5.07. The lowest BCUT2D eigenvalue weighted by Crippen LogP contribution is -2.58. The molecule has 108 valence electrons.